The Kier molecular flexibility index (Phi) is 6.51. The van der Waals surface area contributed by atoms with Crippen LogP contribution in [0.4, 0.5) is 16.2 Å². The van der Waals surface area contributed by atoms with Gasteiger partial charge in [0.25, 0.3) is 0 Å². The molecule has 1 heterocycles. The van der Waals surface area contributed by atoms with Gasteiger partial charge in [-0.05, 0) is 37.1 Å². The number of rotatable bonds is 7. The van der Waals surface area contributed by atoms with E-state index in [4.69, 9.17) is 4.84 Å². The molecule has 8 nitrogen and oxygen atoms in total. The third kappa shape index (κ3) is 6.18. The van der Waals surface area contributed by atoms with Gasteiger partial charge in [0, 0.05) is 18.9 Å². The zero-order chi connectivity index (χ0) is 18.4. The summed E-state index contributed by atoms with van der Waals surface area (Å²) in [5.41, 5.74) is 3.45. The number of hydrogen-bond donors (Lipinski definition) is 3. The van der Waals surface area contributed by atoms with Gasteiger partial charge in [-0.15, -0.1) is 0 Å². The first-order valence-electron chi connectivity index (χ1n) is 7.98. The van der Waals surface area contributed by atoms with E-state index in [1.54, 1.807) is 17.9 Å². The highest BCUT2D eigenvalue weighted by Gasteiger charge is 2.11. The highest BCUT2D eigenvalue weighted by atomic mass is 16.7. The summed E-state index contributed by atoms with van der Waals surface area (Å²) in [6.07, 6.45) is 2.56. The Morgan fingerprint density at radius 1 is 1.28 bits per heavy atom. The van der Waals surface area contributed by atoms with E-state index < -0.39 is 6.10 Å². The van der Waals surface area contributed by atoms with Gasteiger partial charge in [0.2, 0.25) is 0 Å². The molecule has 0 aliphatic heterocycles. The summed E-state index contributed by atoms with van der Waals surface area (Å²) in [5.74, 6) is 0. The van der Waals surface area contributed by atoms with Gasteiger partial charge in [0.05, 0.1) is 38.2 Å². The van der Waals surface area contributed by atoms with Crippen LogP contribution in [0.1, 0.15) is 11.1 Å². The lowest BCUT2D eigenvalue weighted by molar-refractivity contribution is -0.129. The normalized spacial score (nSPS) is 12.2. The van der Waals surface area contributed by atoms with E-state index in [-0.39, 0.29) is 6.03 Å². The maximum atomic E-state index is 12.1. The third-order valence-corrected chi connectivity index (χ3v) is 3.55. The topological polar surface area (TPSA) is 91.7 Å². The van der Waals surface area contributed by atoms with E-state index in [1.165, 1.54) is 18.4 Å². The maximum Gasteiger partial charge on any atom is 0.323 e. The molecule has 1 aromatic heterocycles. The summed E-state index contributed by atoms with van der Waals surface area (Å²) in [5, 5.41) is 21.1. The molecule has 0 saturated heterocycles. The molecule has 1 aromatic carbocycles. The quantitative estimate of drug-likeness (QED) is 0.666. The van der Waals surface area contributed by atoms with Crippen molar-refractivity contribution in [3.63, 3.8) is 0 Å². The number of hydroxylamine groups is 2. The molecular weight excluding hydrogens is 322 g/mol. The van der Waals surface area contributed by atoms with Crippen LogP contribution in [0.3, 0.4) is 0 Å². The van der Waals surface area contributed by atoms with Gasteiger partial charge in [0.15, 0.2) is 0 Å². The van der Waals surface area contributed by atoms with E-state index >= 15 is 0 Å². The Bertz CT molecular complexity index is 696. The third-order valence-electron chi connectivity index (χ3n) is 3.55. The van der Waals surface area contributed by atoms with Crippen molar-refractivity contribution in [2.45, 2.75) is 26.5 Å². The summed E-state index contributed by atoms with van der Waals surface area (Å²) in [6, 6.07) is 5.50. The number of aryl methyl sites for hydroxylation is 2. The minimum atomic E-state index is -0.637. The second kappa shape index (κ2) is 8.61. The first-order chi connectivity index (χ1) is 11.9. The van der Waals surface area contributed by atoms with Gasteiger partial charge >= 0.3 is 6.03 Å². The lowest BCUT2D eigenvalue weighted by Gasteiger charge is -2.17. The molecule has 2 rings (SSSR count). The molecule has 0 fully saturated rings. The van der Waals surface area contributed by atoms with Gasteiger partial charge < -0.3 is 20.6 Å². The molecule has 8 heteroatoms. The number of likely N-dealkylation sites (N-methyl/N-ethyl adjacent to an activating group) is 1. The van der Waals surface area contributed by atoms with Crippen molar-refractivity contribution < 1.29 is 14.7 Å². The highest BCUT2D eigenvalue weighted by molar-refractivity contribution is 5.99. The molecule has 3 N–H and O–H groups in total. The fourth-order valence-corrected chi connectivity index (χ4v) is 2.51. The highest BCUT2D eigenvalue weighted by Crippen LogP contribution is 2.14. The summed E-state index contributed by atoms with van der Waals surface area (Å²) in [6.45, 7) is 4.61. The van der Waals surface area contributed by atoms with Crippen LogP contribution in [-0.4, -0.2) is 52.8 Å². The molecule has 0 unspecified atom stereocenters. The van der Waals surface area contributed by atoms with Crippen LogP contribution in [0.25, 0.3) is 0 Å². The van der Waals surface area contributed by atoms with E-state index in [2.05, 4.69) is 15.7 Å². The summed E-state index contributed by atoms with van der Waals surface area (Å²) < 4.78 is 1.57. The monoisotopic (exact) mass is 347 g/mol. The molecule has 25 heavy (non-hydrogen) atoms. The minimum Gasteiger partial charge on any atom is -0.390 e. The lowest BCUT2D eigenvalue weighted by Crippen LogP contribution is -2.31. The van der Waals surface area contributed by atoms with Gasteiger partial charge in [-0.1, -0.05) is 6.07 Å². The molecule has 2 amide bonds. The number of aliphatic hydroxyl groups is 1. The number of aliphatic hydroxyl groups excluding tert-OH is 1. The number of carbonyl (C=O) groups is 1. The first-order valence-corrected chi connectivity index (χ1v) is 7.98. The van der Waals surface area contributed by atoms with Crippen LogP contribution < -0.4 is 10.6 Å². The molecule has 2 aromatic rings. The van der Waals surface area contributed by atoms with Crippen molar-refractivity contribution in [2.75, 3.05) is 31.3 Å². The maximum absolute atomic E-state index is 12.1. The van der Waals surface area contributed by atoms with Gasteiger partial charge in [-0.25, -0.2) is 4.79 Å². The fourth-order valence-electron chi connectivity index (χ4n) is 2.51. The molecule has 0 bridgehead atoms. The van der Waals surface area contributed by atoms with E-state index in [9.17, 15) is 9.90 Å². The zero-order valence-corrected chi connectivity index (χ0v) is 15.0. The Morgan fingerprint density at radius 2 is 1.92 bits per heavy atom. The molecular formula is C17H25N5O3. The lowest BCUT2D eigenvalue weighted by atomic mass is 10.1. The SMILES string of the molecule is CON(C)C[C@@H](O)Cn1cc(NC(=O)Nc2cc(C)cc(C)c2)cn1. The van der Waals surface area contributed by atoms with Crippen molar-refractivity contribution in [2.24, 2.45) is 0 Å². The van der Waals surface area contributed by atoms with Crippen LogP contribution in [0.15, 0.2) is 30.6 Å². The number of nitrogens with zero attached hydrogens (tertiary/aromatic N) is 3. The van der Waals surface area contributed by atoms with Crippen LogP contribution in [0.5, 0.6) is 0 Å². The van der Waals surface area contributed by atoms with Crippen molar-refractivity contribution in [3.05, 3.63) is 41.7 Å². The number of amides is 2. The summed E-state index contributed by atoms with van der Waals surface area (Å²) in [7, 11) is 3.27. The van der Waals surface area contributed by atoms with E-state index in [0.29, 0.717) is 18.8 Å². The molecule has 0 radical (unpaired) electrons. The largest absolute Gasteiger partial charge is 0.390 e. The molecule has 1 atom stereocenters. The van der Waals surface area contributed by atoms with Crippen molar-refractivity contribution in [3.8, 4) is 0 Å². The van der Waals surface area contributed by atoms with Crippen LogP contribution in [-0.2, 0) is 11.4 Å². The van der Waals surface area contributed by atoms with Gasteiger partial charge in [-0.2, -0.15) is 10.2 Å². The summed E-state index contributed by atoms with van der Waals surface area (Å²) in [4.78, 5) is 17.1. The zero-order valence-electron chi connectivity index (χ0n) is 15.0. The predicted molar refractivity (Wildman–Crippen MR) is 96.4 cm³/mol. The molecule has 0 saturated carbocycles. The average Bonchev–Trinajstić information content (AvgIpc) is 2.92. The Labute approximate surface area is 147 Å². The van der Waals surface area contributed by atoms with Crippen molar-refractivity contribution in [1.82, 2.24) is 14.8 Å². The van der Waals surface area contributed by atoms with Gasteiger partial charge in [0.1, 0.15) is 0 Å². The van der Waals surface area contributed by atoms with Crippen LogP contribution in [0.2, 0.25) is 0 Å². The van der Waals surface area contributed by atoms with E-state index in [1.807, 2.05) is 32.0 Å². The number of anilines is 2. The number of nitrogens with one attached hydrogen (secondary N) is 2. The number of hydrogen-bond acceptors (Lipinski definition) is 5. The van der Waals surface area contributed by atoms with Gasteiger partial charge in [-0.3, -0.25) is 4.68 Å². The smallest absolute Gasteiger partial charge is 0.323 e. The number of benzene rings is 1. The molecule has 136 valence electrons. The molecule has 0 aliphatic rings. The fraction of sp³-hybridized carbons (Fsp3) is 0.412. The average molecular weight is 347 g/mol. The number of aromatic nitrogens is 2. The Hall–Kier alpha value is -2.42. The first kappa shape index (κ1) is 18.9. The second-order valence-electron chi connectivity index (χ2n) is 6.05. The number of carbonyl (C=O) groups excluding carboxylic acids is 1. The standard InChI is InChI=1S/C17H25N5O3/c1-12-5-13(2)7-14(6-12)19-17(24)20-15-8-18-22(9-15)11-16(23)10-21(3)25-4/h5-9,16,23H,10-11H2,1-4H3,(H2,19,20,24)/t16-/m1/s1. The van der Waals surface area contributed by atoms with Crippen molar-refractivity contribution in [1.29, 1.82) is 0 Å². The molecule has 0 aliphatic carbocycles. The number of urea groups is 1. The summed E-state index contributed by atoms with van der Waals surface area (Å²) >= 11 is 0. The molecule has 0 spiro atoms. The predicted octanol–water partition coefficient (Wildman–Crippen LogP) is 2.00. The van der Waals surface area contributed by atoms with E-state index in [0.717, 1.165) is 16.8 Å². The Balaban J connectivity index is 1.88. The van der Waals surface area contributed by atoms with Crippen LogP contribution in [0, 0.1) is 13.8 Å². The van der Waals surface area contributed by atoms with Crippen LogP contribution >= 0.6 is 0 Å². The Morgan fingerprint density at radius 3 is 2.56 bits per heavy atom. The van der Waals surface area contributed by atoms with Crippen molar-refractivity contribution >= 4 is 17.4 Å². The minimum absolute atomic E-state index is 0.300. The second-order valence-corrected chi connectivity index (χ2v) is 6.05.